The molecular weight excluding hydrogens is 392 g/mol. The molecule has 0 aromatic carbocycles. The molecule has 2 aromatic heterocycles. The van der Waals surface area contributed by atoms with E-state index in [-0.39, 0.29) is 5.41 Å². The molecule has 0 unspecified atom stereocenters. The van der Waals surface area contributed by atoms with Gasteiger partial charge in [0.25, 0.3) is 0 Å². The molecule has 0 amide bonds. The molecule has 0 bridgehead atoms. The van der Waals surface area contributed by atoms with Gasteiger partial charge in [0, 0.05) is 67.4 Å². The first-order valence-corrected chi connectivity index (χ1v) is 12.2. The van der Waals surface area contributed by atoms with E-state index in [9.17, 15) is 0 Å². The Morgan fingerprint density at radius 2 is 1.77 bits per heavy atom. The van der Waals surface area contributed by atoms with Crippen molar-refractivity contribution in [2.45, 2.75) is 62.9 Å². The van der Waals surface area contributed by atoms with Crippen molar-refractivity contribution in [3.05, 3.63) is 36.0 Å². The predicted molar refractivity (Wildman–Crippen MR) is 123 cm³/mol. The quantitative estimate of drug-likeness (QED) is 0.375. The van der Waals surface area contributed by atoms with Crippen LogP contribution in [0.1, 0.15) is 63.9 Å². The summed E-state index contributed by atoms with van der Waals surface area (Å²) in [6.07, 6.45) is 8.67. The Balaban J connectivity index is 1.30. The number of hydrogen-bond acceptors (Lipinski definition) is 7. The van der Waals surface area contributed by atoms with Gasteiger partial charge in [-0.3, -0.25) is 4.90 Å². The van der Waals surface area contributed by atoms with E-state index in [4.69, 9.17) is 9.97 Å². The second kappa shape index (κ2) is 9.60. The summed E-state index contributed by atoms with van der Waals surface area (Å²) < 4.78 is 0. The lowest BCUT2D eigenvalue weighted by Crippen LogP contribution is -2.47. The Hall–Kier alpha value is -1.73. The lowest BCUT2D eigenvalue weighted by molar-refractivity contribution is 0.258. The number of hydrogen-bond donors (Lipinski definition) is 0. The van der Waals surface area contributed by atoms with Crippen LogP contribution in [-0.2, 0) is 5.41 Å². The molecule has 3 heterocycles. The summed E-state index contributed by atoms with van der Waals surface area (Å²) in [6.45, 7) is 12.1. The Labute approximate surface area is 184 Å². The monoisotopic (exact) mass is 426 g/mol. The molecule has 0 spiro atoms. The average Bonchev–Trinajstić information content (AvgIpc) is 2.70. The van der Waals surface area contributed by atoms with Gasteiger partial charge in [-0.15, -0.1) is 0 Å². The maximum absolute atomic E-state index is 4.98. The predicted octanol–water partition coefficient (Wildman–Crippen LogP) is 4.14. The van der Waals surface area contributed by atoms with Gasteiger partial charge >= 0.3 is 0 Å². The Morgan fingerprint density at radius 1 is 1.03 bits per heavy atom. The van der Waals surface area contributed by atoms with Crippen molar-refractivity contribution in [1.82, 2.24) is 24.8 Å². The number of piperazine rings is 1. The first-order valence-electron chi connectivity index (χ1n) is 11.3. The summed E-state index contributed by atoms with van der Waals surface area (Å²) in [6, 6.07) is 4.13. The van der Waals surface area contributed by atoms with Gasteiger partial charge in [0.05, 0.1) is 0 Å². The van der Waals surface area contributed by atoms with E-state index in [1.165, 1.54) is 25.0 Å². The highest BCUT2D eigenvalue weighted by Gasteiger charge is 2.27. The molecule has 162 valence electrons. The second-order valence-corrected chi connectivity index (χ2v) is 10.5. The van der Waals surface area contributed by atoms with Crippen molar-refractivity contribution >= 4 is 17.6 Å². The molecule has 0 radical (unpaired) electrons. The average molecular weight is 427 g/mol. The molecule has 1 aliphatic carbocycles. The normalized spacial score (nSPS) is 18.4. The van der Waals surface area contributed by atoms with E-state index < -0.39 is 0 Å². The van der Waals surface area contributed by atoms with Gasteiger partial charge in [0.1, 0.15) is 11.6 Å². The Kier molecular flexibility index (Phi) is 6.88. The van der Waals surface area contributed by atoms with Crippen LogP contribution in [0.25, 0.3) is 0 Å². The first-order chi connectivity index (χ1) is 14.5. The minimum atomic E-state index is -0.0174. The summed E-state index contributed by atoms with van der Waals surface area (Å²) in [7, 11) is 0. The number of thioether (sulfide) groups is 1. The fourth-order valence-corrected chi connectivity index (χ4v) is 4.60. The third-order valence-electron chi connectivity index (χ3n) is 6.01. The van der Waals surface area contributed by atoms with Gasteiger partial charge in [-0.05, 0) is 31.9 Å². The van der Waals surface area contributed by atoms with E-state index in [1.54, 1.807) is 11.8 Å². The highest BCUT2D eigenvalue weighted by molar-refractivity contribution is 7.99. The van der Waals surface area contributed by atoms with E-state index >= 15 is 0 Å². The van der Waals surface area contributed by atoms with Gasteiger partial charge in [-0.2, -0.15) is 0 Å². The van der Waals surface area contributed by atoms with Crippen LogP contribution in [0, 0.1) is 0 Å². The molecule has 1 saturated carbocycles. The van der Waals surface area contributed by atoms with Gasteiger partial charge in [0.15, 0.2) is 5.16 Å². The lowest BCUT2D eigenvalue weighted by atomic mass is 9.82. The molecule has 4 rings (SSSR count). The van der Waals surface area contributed by atoms with Crippen molar-refractivity contribution in [3.8, 4) is 0 Å². The van der Waals surface area contributed by atoms with Crippen LogP contribution in [0.4, 0.5) is 5.82 Å². The first kappa shape index (κ1) is 21.5. The maximum Gasteiger partial charge on any atom is 0.187 e. The van der Waals surface area contributed by atoms with E-state index in [0.29, 0.717) is 5.92 Å². The van der Waals surface area contributed by atoms with Crippen LogP contribution in [0.3, 0.4) is 0 Å². The highest BCUT2D eigenvalue weighted by Crippen LogP contribution is 2.37. The van der Waals surface area contributed by atoms with Crippen LogP contribution in [0.15, 0.2) is 29.7 Å². The molecule has 30 heavy (non-hydrogen) atoms. The van der Waals surface area contributed by atoms with Crippen LogP contribution < -0.4 is 4.90 Å². The molecule has 1 aliphatic heterocycles. The summed E-state index contributed by atoms with van der Waals surface area (Å²) >= 11 is 1.75. The van der Waals surface area contributed by atoms with Crippen LogP contribution in [0.2, 0.25) is 0 Å². The summed E-state index contributed by atoms with van der Waals surface area (Å²) in [4.78, 5) is 23.5. The third-order valence-corrected chi connectivity index (χ3v) is 6.98. The van der Waals surface area contributed by atoms with Crippen molar-refractivity contribution < 1.29 is 0 Å². The van der Waals surface area contributed by atoms with Crippen molar-refractivity contribution in [2.75, 3.05) is 43.4 Å². The van der Waals surface area contributed by atoms with Gasteiger partial charge in [0.2, 0.25) is 0 Å². The Morgan fingerprint density at radius 3 is 2.40 bits per heavy atom. The smallest absolute Gasteiger partial charge is 0.187 e. The molecule has 6 nitrogen and oxygen atoms in total. The molecule has 0 N–H and O–H groups in total. The zero-order chi connectivity index (χ0) is 21.0. The largest absolute Gasteiger partial charge is 0.354 e. The molecular formula is C23H34N6S. The van der Waals surface area contributed by atoms with Crippen LogP contribution in [0.5, 0.6) is 0 Å². The van der Waals surface area contributed by atoms with Crippen LogP contribution in [-0.4, -0.2) is 63.3 Å². The number of aromatic nitrogens is 4. The summed E-state index contributed by atoms with van der Waals surface area (Å²) in [5.74, 6) is 3.83. The zero-order valence-corrected chi connectivity index (χ0v) is 19.4. The van der Waals surface area contributed by atoms with Gasteiger partial charge < -0.3 is 4.90 Å². The molecule has 1 saturated heterocycles. The second-order valence-electron chi connectivity index (χ2n) is 9.41. The third kappa shape index (κ3) is 5.49. The number of rotatable bonds is 7. The number of nitrogens with zero attached hydrogens (tertiary/aromatic N) is 6. The standard InChI is InChI=1S/C23H34N6S/c1-23(2,3)21-26-19(18-7-4-8-18)17-20(27-21)29-14-12-28(13-15-29)11-6-16-30-22-24-9-5-10-25-22/h5,9-10,17-18H,4,6-8,11-16H2,1-3H3. The van der Waals surface area contributed by atoms with Crippen molar-refractivity contribution in [3.63, 3.8) is 0 Å². The molecule has 7 heteroatoms. The van der Waals surface area contributed by atoms with Crippen LogP contribution >= 0.6 is 11.8 Å². The topological polar surface area (TPSA) is 58.0 Å². The maximum atomic E-state index is 4.98. The van der Waals surface area contributed by atoms with Gasteiger partial charge in [-0.1, -0.05) is 39.0 Å². The Bertz CT molecular complexity index is 810. The summed E-state index contributed by atoms with van der Waals surface area (Å²) in [5.41, 5.74) is 1.25. The SMILES string of the molecule is CC(C)(C)c1nc(C2CCC2)cc(N2CCN(CCCSc3ncccn3)CC2)n1. The summed E-state index contributed by atoms with van der Waals surface area (Å²) in [5, 5.41) is 0.878. The molecule has 0 atom stereocenters. The van der Waals surface area contributed by atoms with Gasteiger partial charge in [-0.25, -0.2) is 19.9 Å². The van der Waals surface area contributed by atoms with E-state index in [1.807, 2.05) is 18.5 Å². The molecule has 2 aliphatic rings. The fraction of sp³-hybridized carbons (Fsp3) is 0.652. The molecule has 2 aromatic rings. The molecule has 2 fully saturated rings. The number of anilines is 1. The zero-order valence-electron chi connectivity index (χ0n) is 18.5. The minimum absolute atomic E-state index is 0.0174. The minimum Gasteiger partial charge on any atom is -0.354 e. The fourth-order valence-electron chi connectivity index (χ4n) is 3.88. The van der Waals surface area contributed by atoms with Crippen molar-refractivity contribution in [2.24, 2.45) is 0 Å². The lowest BCUT2D eigenvalue weighted by Gasteiger charge is -2.36. The highest BCUT2D eigenvalue weighted by atomic mass is 32.2. The van der Waals surface area contributed by atoms with E-state index in [0.717, 1.165) is 61.7 Å². The van der Waals surface area contributed by atoms with E-state index in [2.05, 4.69) is 46.6 Å². The van der Waals surface area contributed by atoms with Crippen molar-refractivity contribution in [1.29, 1.82) is 0 Å².